The number of hydrogen-bond acceptors (Lipinski definition) is 4. The Labute approximate surface area is 158 Å². The number of pyridine rings is 1. The molecule has 136 valence electrons. The van der Waals surface area contributed by atoms with Crippen LogP contribution in [0.5, 0.6) is 0 Å². The molecule has 0 radical (unpaired) electrons. The van der Waals surface area contributed by atoms with E-state index in [9.17, 15) is 9.59 Å². The van der Waals surface area contributed by atoms with Gasteiger partial charge in [-0.15, -0.1) is 0 Å². The van der Waals surface area contributed by atoms with Crippen molar-refractivity contribution in [3.63, 3.8) is 0 Å². The fraction of sp³-hybridized carbons (Fsp3) is 0.136. The van der Waals surface area contributed by atoms with E-state index in [0.29, 0.717) is 16.9 Å². The number of carbonyl (C=O) groups is 2. The van der Waals surface area contributed by atoms with Crippen molar-refractivity contribution in [3.05, 3.63) is 83.0 Å². The number of benzene rings is 2. The molecule has 0 fully saturated rings. The lowest BCUT2D eigenvalue weighted by Crippen LogP contribution is -2.13. The predicted molar refractivity (Wildman–Crippen MR) is 108 cm³/mol. The van der Waals surface area contributed by atoms with Crippen molar-refractivity contribution in [1.29, 1.82) is 0 Å². The van der Waals surface area contributed by atoms with Gasteiger partial charge in [-0.1, -0.05) is 12.1 Å². The van der Waals surface area contributed by atoms with Crippen molar-refractivity contribution in [1.82, 2.24) is 4.98 Å². The number of anilines is 3. The molecule has 27 heavy (non-hydrogen) atoms. The molecule has 0 aliphatic carbocycles. The fourth-order valence-corrected chi connectivity index (χ4v) is 2.66. The first kappa shape index (κ1) is 18.3. The van der Waals surface area contributed by atoms with Crippen molar-refractivity contribution >= 4 is 28.9 Å². The second-order valence-electron chi connectivity index (χ2n) is 6.39. The van der Waals surface area contributed by atoms with Gasteiger partial charge in [0.1, 0.15) is 5.82 Å². The molecule has 1 amide bonds. The van der Waals surface area contributed by atoms with Crippen molar-refractivity contribution in [2.75, 3.05) is 10.6 Å². The van der Waals surface area contributed by atoms with Crippen LogP contribution in [0.4, 0.5) is 17.2 Å². The summed E-state index contributed by atoms with van der Waals surface area (Å²) in [5.41, 5.74) is 4.91. The second kappa shape index (κ2) is 7.83. The zero-order chi connectivity index (χ0) is 19.4. The third-order valence-corrected chi connectivity index (χ3v) is 4.44. The van der Waals surface area contributed by atoms with Crippen molar-refractivity contribution in [2.45, 2.75) is 20.8 Å². The molecule has 0 atom stereocenters. The maximum absolute atomic E-state index is 12.6. The number of rotatable bonds is 5. The summed E-state index contributed by atoms with van der Waals surface area (Å²) < 4.78 is 0. The summed E-state index contributed by atoms with van der Waals surface area (Å²) in [5, 5.41) is 6.09. The Morgan fingerprint density at radius 3 is 2.37 bits per heavy atom. The average molecular weight is 359 g/mol. The van der Waals surface area contributed by atoms with Gasteiger partial charge < -0.3 is 10.6 Å². The molecule has 3 aromatic rings. The molecule has 3 rings (SSSR count). The van der Waals surface area contributed by atoms with E-state index in [2.05, 4.69) is 15.6 Å². The minimum absolute atomic E-state index is 0.0183. The maximum atomic E-state index is 12.6. The van der Waals surface area contributed by atoms with Gasteiger partial charge in [-0.05, 0) is 74.4 Å². The number of ketones is 1. The van der Waals surface area contributed by atoms with E-state index in [1.807, 2.05) is 32.0 Å². The fourth-order valence-electron chi connectivity index (χ4n) is 2.66. The number of aryl methyl sites for hydroxylation is 1. The number of carbonyl (C=O) groups excluding carboxylic acids is 2. The summed E-state index contributed by atoms with van der Waals surface area (Å²) in [5.74, 6) is 0.380. The number of amides is 1. The molecule has 0 aliphatic rings. The normalized spacial score (nSPS) is 10.3. The Kier molecular flexibility index (Phi) is 5.31. The smallest absolute Gasteiger partial charge is 0.255 e. The molecule has 0 unspecified atom stereocenters. The average Bonchev–Trinajstić information content (AvgIpc) is 2.66. The van der Waals surface area contributed by atoms with Crippen molar-refractivity contribution < 1.29 is 9.59 Å². The van der Waals surface area contributed by atoms with Crippen molar-refractivity contribution in [3.8, 4) is 0 Å². The highest BCUT2D eigenvalue weighted by molar-refractivity contribution is 6.05. The van der Waals surface area contributed by atoms with Crippen LogP contribution in [0, 0.1) is 13.8 Å². The molecule has 0 saturated carbocycles. The van der Waals surface area contributed by atoms with Crippen LogP contribution in [0.1, 0.15) is 38.8 Å². The Morgan fingerprint density at radius 2 is 1.67 bits per heavy atom. The third kappa shape index (κ3) is 4.39. The second-order valence-corrected chi connectivity index (χ2v) is 6.39. The summed E-state index contributed by atoms with van der Waals surface area (Å²) >= 11 is 0. The Morgan fingerprint density at radius 1 is 0.926 bits per heavy atom. The van der Waals surface area contributed by atoms with Gasteiger partial charge in [0.15, 0.2) is 5.78 Å². The zero-order valence-electron chi connectivity index (χ0n) is 15.5. The van der Waals surface area contributed by atoms with Gasteiger partial charge in [0.05, 0.1) is 0 Å². The van der Waals surface area contributed by atoms with Crippen LogP contribution in [-0.4, -0.2) is 16.7 Å². The predicted octanol–water partition coefficient (Wildman–Crippen LogP) is 4.90. The highest BCUT2D eigenvalue weighted by atomic mass is 16.1. The molecule has 5 heteroatoms. The van der Waals surface area contributed by atoms with Crippen LogP contribution in [0.3, 0.4) is 0 Å². The number of nitrogens with one attached hydrogen (secondary N) is 2. The zero-order valence-corrected chi connectivity index (χ0v) is 15.5. The minimum Gasteiger partial charge on any atom is -0.340 e. The molecule has 1 heterocycles. The van der Waals surface area contributed by atoms with E-state index in [0.717, 1.165) is 22.5 Å². The van der Waals surface area contributed by atoms with Crippen LogP contribution < -0.4 is 10.6 Å². The number of aromatic nitrogens is 1. The van der Waals surface area contributed by atoms with E-state index in [-0.39, 0.29) is 11.7 Å². The summed E-state index contributed by atoms with van der Waals surface area (Å²) in [4.78, 5) is 28.2. The molecule has 5 nitrogen and oxygen atoms in total. The first-order valence-corrected chi connectivity index (χ1v) is 8.65. The lowest BCUT2D eigenvalue weighted by atomic mass is 10.1. The van der Waals surface area contributed by atoms with Gasteiger partial charge in [-0.25, -0.2) is 4.98 Å². The number of Topliss-reactive ketones (excluding diaryl/α,β-unsaturated/α-hetero) is 1. The molecule has 0 bridgehead atoms. The van der Waals surface area contributed by atoms with Crippen LogP contribution in [0.15, 0.2) is 60.8 Å². The lowest BCUT2D eigenvalue weighted by Gasteiger charge is -2.11. The standard InChI is InChI=1S/C22H21N3O2/c1-14-5-4-6-20(15(14)2)25-22(27)18-11-12-23-21(13-18)24-19-9-7-17(8-10-19)16(3)26/h4-13H,1-3H3,(H,23,24)(H,25,27). The van der Waals surface area contributed by atoms with E-state index >= 15 is 0 Å². The van der Waals surface area contributed by atoms with Gasteiger partial charge in [-0.3, -0.25) is 9.59 Å². The van der Waals surface area contributed by atoms with Gasteiger partial charge in [0.25, 0.3) is 5.91 Å². The third-order valence-electron chi connectivity index (χ3n) is 4.44. The Bertz CT molecular complexity index is 995. The molecule has 2 aromatic carbocycles. The molecular formula is C22H21N3O2. The highest BCUT2D eigenvalue weighted by Gasteiger charge is 2.10. The maximum Gasteiger partial charge on any atom is 0.255 e. The summed E-state index contributed by atoms with van der Waals surface area (Å²) in [6, 6.07) is 16.3. The largest absolute Gasteiger partial charge is 0.340 e. The summed E-state index contributed by atoms with van der Waals surface area (Å²) in [6.45, 7) is 5.52. The topological polar surface area (TPSA) is 71.1 Å². The van der Waals surface area contributed by atoms with E-state index in [1.54, 1.807) is 42.6 Å². The molecule has 0 saturated heterocycles. The van der Waals surface area contributed by atoms with Crippen LogP contribution in [0.2, 0.25) is 0 Å². The van der Waals surface area contributed by atoms with Crippen LogP contribution in [-0.2, 0) is 0 Å². The molecular weight excluding hydrogens is 338 g/mol. The van der Waals surface area contributed by atoms with Crippen LogP contribution in [0.25, 0.3) is 0 Å². The molecule has 0 aliphatic heterocycles. The number of nitrogens with zero attached hydrogens (tertiary/aromatic N) is 1. The number of hydrogen-bond donors (Lipinski definition) is 2. The van der Waals surface area contributed by atoms with E-state index in [1.165, 1.54) is 6.92 Å². The first-order valence-electron chi connectivity index (χ1n) is 8.65. The van der Waals surface area contributed by atoms with Gasteiger partial charge in [0.2, 0.25) is 0 Å². The van der Waals surface area contributed by atoms with Gasteiger partial charge >= 0.3 is 0 Å². The van der Waals surface area contributed by atoms with E-state index in [4.69, 9.17) is 0 Å². The molecule has 2 N–H and O–H groups in total. The highest BCUT2D eigenvalue weighted by Crippen LogP contribution is 2.20. The molecule has 0 spiro atoms. The van der Waals surface area contributed by atoms with Gasteiger partial charge in [-0.2, -0.15) is 0 Å². The minimum atomic E-state index is -0.193. The summed E-state index contributed by atoms with van der Waals surface area (Å²) in [6.07, 6.45) is 1.59. The first-order chi connectivity index (χ1) is 12.9. The van der Waals surface area contributed by atoms with Crippen molar-refractivity contribution in [2.24, 2.45) is 0 Å². The lowest BCUT2D eigenvalue weighted by molar-refractivity contribution is 0.101. The Hall–Kier alpha value is -3.47. The van der Waals surface area contributed by atoms with E-state index < -0.39 is 0 Å². The van der Waals surface area contributed by atoms with Crippen LogP contribution >= 0.6 is 0 Å². The van der Waals surface area contributed by atoms with Gasteiger partial charge in [0, 0.05) is 28.7 Å². The summed E-state index contributed by atoms with van der Waals surface area (Å²) in [7, 11) is 0. The quantitative estimate of drug-likeness (QED) is 0.636. The molecule has 1 aromatic heterocycles. The Balaban J connectivity index is 1.75. The monoisotopic (exact) mass is 359 g/mol. The SMILES string of the molecule is CC(=O)c1ccc(Nc2cc(C(=O)Nc3cccc(C)c3C)ccn2)cc1.